The van der Waals surface area contributed by atoms with Crippen LogP contribution in [0.5, 0.6) is 0 Å². The van der Waals surface area contributed by atoms with Crippen molar-refractivity contribution >= 4 is 8.24 Å². The van der Waals surface area contributed by atoms with Crippen LogP contribution in [-0.4, -0.2) is 13.8 Å². The van der Waals surface area contributed by atoms with Crippen LogP contribution < -0.4 is 4.98 Å². The molecule has 2 heteroatoms. The third-order valence-electron chi connectivity index (χ3n) is 2.99. The molecule has 0 unspecified atom stereocenters. The molecule has 0 aliphatic rings. The maximum atomic E-state index is 3.82. The SMILES string of the molecule is CCC(C)(C)N[Si](C)(C)C(C)C. The Morgan fingerprint density at radius 2 is 1.67 bits per heavy atom. The lowest BCUT2D eigenvalue weighted by molar-refractivity contribution is 0.442. The third-order valence-corrected chi connectivity index (χ3v) is 7.20. The summed E-state index contributed by atoms with van der Waals surface area (Å²) < 4.78 is 0. The fourth-order valence-electron chi connectivity index (χ4n) is 1.10. The van der Waals surface area contributed by atoms with E-state index >= 15 is 0 Å². The van der Waals surface area contributed by atoms with E-state index in [9.17, 15) is 0 Å². The quantitative estimate of drug-likeness (QED) is 0.665. The van der Waals surface area contributed by atoms with E-state index in [1.165, 1.54) is 6.42 Å². The molecule has 0 aromatic carbocycles. The Morgan fingerprint density at radius 1 is 1.25 bits per heavy atom. The van der Waals surface area contributed by atoms with Gasteiger partial charge in [-0.2, -0.15) is 0 Å². The molecule has 0 rings (SSSR count). The zero-order chi connectivity index (χ0) is 9.99. The second-order valence-corrected chi connectivity index (χ2v) is 10.1. The highest BCUT2D eigenvalue weighted by Crippen LogP contribution is 2.21. The molecule has 12 heavy (non-hydrogen) atoms. The monoisotopic (exact) mass is 187 g/mol. The molecule has 0 saturated carbocycles. The summed E-state index contributed by atoms with van der Waals surface area (Å²) in [5.41, 5.74) is 1.13. The van der Waals surface area contributed by atoms with Crippen LogP contribution in [0.25, 0.3) is 0 Å². The van der Waals surface area contributed by atoms with Crippen LogP contribution in [0.15, 0.2) is 0 Å². The fourth-order valence-corrected chi connectivity index (χ4v) is 3.31. The minimum absolute atomic E-state index is 0.319. The summed E-state index contributed by atoms with van der Waals surface area (Å²) in [6.07, 6.45) is 1.20. The molecule has 0 aliphatic heterocycles. The third kappa shape index (κ3) is 3.72. The Morgan fingerprint density at radius 3 is 1.92 bits per heavy atom. The summed E-state index contributed by atoms with van der Waals surface area (Å²) >= 11 is 0. The molecule has 0 fully saturated rings. The van der Waals surface area contributed by atoms with Crippen molar-refractivity contribution in [3.05, 3.63) is 0 Å². The van der Waals surface area contributed by atoms with Gasteiger partial charge in [0.05, 0.1) is 0 Å². The Hall–Kier alpha value is 0.177. The smallest absolute Gasteiger partial charge is 0.122 e. The molecule has 1 nitrogen and oxygen atoms in total. The van der Waals surface area contributed by atoms with Gasteiger partial charge in [-0.3, -0.25) is 0 Å². The topological polar surface area (TPSA) is 12.0 Å². The Bertz CT molecular complexity index is 139. The number of rotatable bonds is 4. The zero-order valence-electron chi connectivity index (χ0n) is 9.78. The minimum Gasteiger partial charge on any atom is -0.332 e. The standard InChI is InChI=1S/C10H25NSi/c1-8-10(4,5)11-12(6,7)9(2)3/h9,11H,8H2,1-7H3. The lowest BCUT2D eigenvalue weighted by atomic mass is 10.0. The fraction of sp³-hybridized carbons (Fsp3) is 1.00. The van der Waals surface area contributed by atoms with E-state index in [-0.39, 0.29) is 0 Å². The summed E-state index contributed by atoms with van der Waals surface area (Å²) in [5, 5.41) is 0. The van der Waals surface area contributed by atoms with Gasteiger partial charge < -0.3 is 4.98 Å². The van der Waals surface area contributed by atoms with Gasteiger partial charge in [-0.25, -0.2) is 0 Å². The van der Waals surface area contributed by atoms with E-state index in [4.69, 9.17) is 0 Å². The molecular formula is C10H25NSi. The zero-order valence-corrected chi connectivity index (χ0v) is 10.8. The van der Waals surface area contributed by atoms with Crippen LogP contribution in [0.4, 0.5) is 0 Å². The number of hydrogen-bond donors (Lipinski definition) is 1. The molecule has 0 saturated heterocycles. The van der Waals surface area contributed by atoms with Crippen molar-refractivity contribution in [2.75, 3.05) is 0 Å². The van der Waals surface area contributed by atoms with Gasteiger partial charge in [0, 0.05) is 5.54 Å². The first-order chi connectivity index (χ1) is 5.21. The molecule has 0 aromatic heterocycles. The van der Waals surface area contributed by atoms with E-state index in [1.807, 2.05) is 0 Å². The van der Waals surface area contributed by atoms with E-state index in [1.54, 1.807) is 0 Å². The Kier molecular flexibility index (Phi) is 3.98. The predicted molar refractivity (Wildman–Crippen MR) is 60.1 cm³/mol. The van der Waals surface area contributed by atoms with Gasteiger partial charge in [0.1, 0.15) is 8.24 Å². The van der Waals surface area contributed by atoms with Crippen molar-refractivity contribution in [1.82, 2.24) is 4.98 Å². The van der Waals surface area contributed by atoms with E-state index in [0.717, 1.165) is 5.54 Å². The van der Waals surface area contributed by atoms with Crippen molar-refractivity contribution in [2.45, 2.75) is 65.2 Å². The minimum atomic E-state index is -1.19. The van der Waals surface area contributed by atoms with Crippen LogP contribution in [0.2, 0.25) is 18.6 Å². The van der Waals surface area contributed by atoms with Crippen LogP contribution in [-0.2, 0) is 0 Å². The van der Waals surface area contributed by atoms with Crippen molar-refractivity contribution < 1.29 is 0 Å². The molecule has 0 aliphatic carbocycles. The highest BCUT2D eigenvalue weighted by atomic mass is 28.3. The molecule has 0 atom stereocenters. The predicted octanol–water partition coefficient (Wildman–Crippen LogP) is 3.38. The van der Waals surface area contributed by atoms with Gasteiger partial charge in [0.25, 0.3) is 0 Å². The molecule has 0 radical (unpaired) electrons. The maximum Gasteiger partial charge on any atom is 0.122 e. The highest BCUT2D eigenvalue weighted by Gasteiger charge is 2.30. The number of nitrogens with one attached hydrogen (secondary N) is 1. The molecule has 0 spiro atoms. The number of hydrogen-bond acceptors (Lipinski definition) is 1. The second-order valence-electron chi connectivity index (χ2n) is 5.24. The van der Waals surface area contributed by atoms with Gasteiger partial charge in [0.2, 0.25) is 0 Å². The van der Waals surface area contributed by atoms with Gasteiger partial charge >= 0.3 is 0 Å². The largest absolute Gasteiger partial charge is 0.332 e. The molecule has 1 N–H and O–H groups in total. The van der Waals surface area contributed by atoms with Gasteiger partial charge in [-0.15, -0.1) is 0 Å². The van der Waals surface area contributed by atoms with E-state index in [0.29, 0.717) is 5.54 Å². The van der Waals surface area contributed by atoms with E-state index < -0.39 is 8.24 Å². The first-order valence-electron chi connectivity index (χ1n) is 5.00. The van der Waals surface area contributed by atoms with Crippen LogP contribution in [0, 0.1) is 0 Å². The normalized spacial score (nSPS) is 14.0. The van der Waals surface area contributed by atoms with E-state index in [2.05, 4.69) is 52.7 Å². The molecular weight excluding hydrogens is 162 g/mol. The van der Waals surface area contributed by atoms with Crippen LogP contribution in [0.3, 0.4) is 0 Å². The first-order valence-corrected chi connectivity index (χ1v) is 8.08. The average Bonchev–Trinajstić information content (AvgIpc) is 1.85. The first kappa shape index (κ1) is 12.2. The summed E-state index contributed by atoms with van der Waals surface area (Å²) in [6.45, 7) is 16.3. The molecule has 0 bridgehead atoms. The van der Waals surface area contributed by atoms with Crippen LogP contribution >= 0.6 is 0 Å². The Labute approximate surface area is 79.0 Å². The lowest BCUT2D eigenvalue weighted by Gasteiger charge is -2.38. The average molecular weight is 187 g/mol. The van der Waals surface area contributed by atoms with Crippen molar-refractivity contribution in [2.24, 2.45) is 0 Å². The van der Waals surface area contributed by atoms with Gasteiger partial charge in [0.15, 0.2) is 0 Å². The van der Waals surface area contributed by atoms with Crippen molar-refractivity contribution in [1.29, 1.82) is 0 Å². The van der Waals surface area contributed by atoms with Crippen molar-refractivity contribution in [3.63, 3.8) is 0 Å². The summed E-state index contributed by atoms with van der Waals surface area (Å²) in [4.78, 5) is 3.82. The maximum absolute atomic E-state index is 3.82. The Balaban J connectivity index is 4.23. The summed E-state index contributed by atoms with van der Waals surface area (Å²) in [7, 11) is -1.19. The van der Waals surface area contributed by atoms with Gasteiger partial charge in [-0.05, 0) is 25.8 Å². The molecule has 0 amide bonds. The summed E-state index contributed by atoms with van der Waals surface area (Å²) in [6, 6.07) is 0. The van der Waals surface area contributed by atoms with Gasteiger partial charge in [-0.1, -0.05) is 33.9 Å². The highest BCUT2D eigenvalue weighted by molar-refractivity contribution is 6.76. The summed E-state index contributed by atoms with van der Waals surface area (Å²) in [5.74, 6) is 0. The molecule has 0 heterocycles. The van der Waals surface area contributed by atoms with Crippen molar-refractivity contribution in [3.8, 4) is 0 Å². The molecule has 0 aromatic rings. The molecule has 74 valence electrons. The van der Waals surface area contributed by atoms with Crippen LogP contribution in [0.1, 0.15) is 41.0 Å². The lowest BCUT2D eigenvalue weighted by Crippen LogP contribution is -2.57. The second kappa shape index (κ2) is 3.92.